The number of hydrogen-bond acceptors (Lipinski definition) is 2. The van der Waals surface area contributed by atoms with E-state index in [1.807, 2.05) is 24.3 Å². The van der Waals surface area contributed by atoms with Crippen LogP contribution in [-0.2, 0) is 0 Å². The van der Waals surface area contributed by atoms with Gasteiger partial charge in [-0.3, -0.25) is 5.41 Å². The Morgan fingerprint density at radius 2 is 2.09 bits per heavy atom. The molecule has 3 nitrogen and oxygen atoms in total. The molecule has 1 rings (SSSR count). The molecule has 4 N–H and O–H groups in total. The first kappa shape index (κ1) is 8.23. The van der Waals surface area contributed by atoms with Crippen LogP contribution < -0.4 is 11.3 Å². The van der Waals surface area contributed by atoms with Gasteiger partial charge in [0.15, 0.2) is 0 Å². The van der Waals surface area contributed by atoms with E-state index in [4.69, 9.17) is 11.3 Å². The van der Waals surface area contributed by atoms with Crippen LogP contribution >= 0.6 is 15.9 Å². The molecule has 0 radical (unpaired) electrons. The fraction of sp³-hybridized carbons (Fsp3) is 0. The zero-order valence-corrected chi connectivity index (χ0v) is 7.35. The van der Waals surface area contributed by atoms with Gasteiger partial charge in [-0.1, -0.05) is 34.1 Å². The second kappa shape index (κ2) is 3.50. The van der Waals surface area contributed by atoms with Crippen LogP contribution in [0.5, 0.6) is 0 Å². The molecule has 0 amide bonds. The number of nitrogens with two attached hydrogens (primary N) is 1. The molecule has 0 bridgehead atoms. The van der Waals surface area contributed by atoms with Crippen molar-refractivity contribution in [1.29, 1.82) is 5.41 Å². The number of nitrogens with one attached hydrogen (secondary N) is 2. The van der Waals surface area contributed by atoms with Gasteiger partial charge in [-0.25, -0.2) is 5.84 Å². The smallest absolute Gasteiger partial charge is 0.140 e. The number of hydrogen-bond donors (Lipinski definition) is 3. The normalized spacial score (nSPS) is 9.27. The van der Waals surface area contributed by atoms with Crippen LogP contribution in [0, 0.1) is 5.41 Å². The second-order valence-electron chi connectivity index (χ2n) is 2.00. The number of benzene rings is 1. The molecular formula is C7H8BrN3. The van der Waals surface area contributed by atoms with Gasteiger partial charge in [0, 0.05) is 10.0 Å². The van der Waals surface area contributed by atoms with E-state index >= 15 is 0 Å². The summed E-state index contributed by atoms with van der Waals surface area (Å²) < 4.78 is 0.864. The fourth-order valence-corrected chi connectivity index (χ4v) is 1.22. The third-order valence-electron chi connectivity index (χ3n) is 1.29. The number of amidine groups is 1. The van der Waals surface area contributed by atoms with Crippen LogP contribution in [-0.4, -0.2) is 5.84 Å². The topological polar surface area (TPSA) is 61.9 Å². The van der Waals surface area contributed by atoms with Crippen LogP contribution in [0.1, 0.15) is 5.56 Å². The lowest BCUT2D eigenvalue weighted by Crippen LogP contribution is -2.30. The summed E-state index contributed by atoms with van der Waals surface area (Å²) >= 11 is 3.30. The maximum atomic E-state index is 7.35. The Balaban J connectivity index is 3.03. The minimum atomic E-state index is 0.206. The molecule has 0 fully saturated rings. The van der Waals surface area contributed by atoms with Crippen molar-refractivity contribution in [3.8, 4) is 0 Å². The molecule has 0 aliphatic heterocycles. The average molecular weight is 214 g/mol. The predicted molar refractivity (Wildman–Crippen MR) is 48.3 cm³/mol. The molecule has 0 saturated carbocycles. The van der Waals surface area contributed by atoms with Crippen molar-refractivity contribution in [3.63, 3.8) is 0 Å². The summed E-state index contributed by atoms with van der Waals surface area (Å²) in [6.45, 7) is 0. The molecule has 0 aliphatic carbocycles. The maximum absolute atomic E-state index is 7.35. The Hall–Kier alpha value is -0.870. The lowest BCUT2D eigenvalue weighted by Gasteiger charge is -2.03. The van der Waals surface area contributed by atoms with E-state index < -0.39 is 0 Å². The van der Waals surface area contributed by atoms with Crippen molar-refractivity contribution in [1.82, 2.24) is 5.43 Å². The number of rotatable bonds is 1. The zero-order chi connectivity index (χ0) is 8.27. The Morgan fingerprint density at radius 3 is 2.64 bits per heavy atom. The van der Waals surface area contributed by atoms with E-state index in [0.29, 0.717) is 0 Å². The minimum Gasteiger partial charge on any atom is -0.308 e. The molecule has 0 atom stereocenters. The third-order valence-corrected chi connectivity index (χ3v) is 1.98. The monoisotopic (exact) mass is 213 g/mol. The first-order valence-corrected chi connectivity index (χ1v) is 3.85. The molecule has 1 aromatic carbocycles. The van der Waals surface area contributed by atoms with Gasteiger partial charge < -0.3 is 5.43 Å². The molecule has 0 spiro atoms. The minimum absolute atomic E-state index is 0.206. The first-order chi connectivity index (χ1) is 5.25. The van der Waals surface area contributed by atoms with E-state index in [0.717, 1.165) is 10.0 Å². The summed E-state index contributed by atoms with van der Waals surface area (Å²) in [5.74, 6) is 5.28. The van der Waals surface area contributed by atoms with Gasteiger partial charge in [-0.15, -0.1) is 0 Å². The van der Waals surface area contributed by atoms with Crippen molar-refractivity contribution in [2.75, 3.05) is 0 Å². The zero-order valence-electron chi connectivity index (χ0n) is 5.76. The molecular weight excluding hydrogens is 206 g/mol. The van der Waals surface area contributed by atoms with Crippen molar-refractivity contribution < 1.29 is 0 Å². The average Bonchev–Trinajstić information content (AvgIpc) is 2.04. The summed E-state index contributed by atoms with van der Waals surface area (Å²) in [6.07, 6.45) is 0. The van der Waals surface area contributed by atoms with Gasteiger partial charge in [0.05, 0.1) is 0 Å². The highest BCUT2D eigenvalue weighted by Gasteiger charge is 2.01. The summed E-state index contributed by atoms with van der Waals surface area (Å²) in [7, 11) is 0. The van der Waals surface area contributed by atoms with Crippen LogP contribution in [0.15, 0.2) is 28.7 Å². The van der Waals surface area contributed by atoms with Gasteiger partial charge in [0.1, 0.15) is 5.84 Å². The van der Waals surface area contributed by atoms with Gasteiger partial charge in [0.25, 0.3) is 0 Å². The summed E-state index contributed by atoms with van der Waals surface area (Å²) in [5, 5.41) is 7.35. The molecule has 11 heavy (non-hydrogen) atoms. The SMILES string of the molecule is N=C(NN)c1ccccc1Br. The highest BCUT2D eigenvalue weighted by molar-refractivity contribution is 9.10. The van der Waals surface area contributed by atoms with Crippen LogP contribution in [0.25, 0.3) is 0 Å². The van der Waals surface area contributed by atoms with E-state index in [1.165, 1.54) is 0 Å². The highest BCUT2D eigenvalue weighted by atomic mass is 79.9. The highest BCUT2D eigenvalue weighted by Crippen LogP contribution is 2.14. The Morgan fingerprint density at radius 1 is 1.45 bits per heavy atom. The van der Waals surface area contributed by atoms with Gasteiger partial charge in [0.2, 0.25) is 0 Å². The summed E-state index contributed by atoms with van der Waals surface area (Å²) in [5.41, 5.74) is 3.03. The van der Waals surface area contributed by atoms with Gasteiger partial charge in [-0.2, -0.15) is 0 Å². The van der Waals surface area contributed by atoms with Gasteiger partial charge in [-0.05, 0) is 6.07 Å². The molecule has 0 heterocycles. The molecule has 0 unspecified atom stereocenters. The molecule has 0 aliphatic rings. The standard InChI is InChI=1S/C7H8BrN3/c8-6-4-2-1-3-5(6)7(9)11-10/h1-4H,10H2,(H2,9,11). The number of halogens is 1. The van der Waals surface area contributed by atoms with E-state index in [9.17, 15) is 0 Å². The lowest BCUT2D eigenvalue weighted by atomic mass is 10.2. The fourth-order valence-electron chi connectivity index (χ4n) is 0.742. The third kappa shape index (κ3) is 1.78. The van der Waals surface area contributed by atoms with Crippen molar-refractivity contribution in [2.24, 2.45) is 5.84 Å². The first-order valence-electron chi connectivity index (χ1n) is 3.06. The van der Waals surface area contributed by atoms with Crippen molar-refractivity contribution >= 4 is 21.8 Å². The van der Waals surface area contributed by atoms with E-state index in [1.54, 1.807) is 0 Å². The lowest BCUT2D eigenvalue weighted by molar-refractivity contribution is 1.01. The van der Waals surface area contributed by atoms with Crippen molar-refractivity contribution in [3.05, 3.63) is 34.3 Å². The quantitative estimate of drug-likeness (QED) is 0.285. The Kier molecular flexibility index (Phi) is 2.62. The van der Waals surface area contributed by atoms with Crippen LogP contribution in [0.2, 0.25) is 0 Å². The number of hydrazine groups is 1. The molecule has 4 heteroatoms. The molecule has 0 saturated heterocycles. The summed E-state index contributed by atoms with van der Waals surface area (Å²) in [4.78, 5) is 0. The van der Waals surface area contributed by atoms with Crippen LogP contribution in [0.4, 0.5) is 0 Å². The largest absolute Gasteiger partial charge is 0.308 e. The molecule has 0 aromatic heterocycles. The molecule has 1 aromatic rings. The van der Waals surface area contributed by atoms with Crippen molar-refractivity contribution in [2.45, 2.75) is 0 Å². The van der Waals surface area contributed by atoms with Crippen LogP contribution in [0.3, 0.4) is 0 Å². The van der Waals surface area contributed by atoms with Gasteiger partial charge >= 0.3 is 0 Å². The van der Waals surface area contributed by atoms with E-state index in [-0.39, 0.29) is 5.84 Å². The predicted octanol–water partition coefficient (Wildman–Crippen LogP) is 1.24. The second-order valence-corrected chi connectivity index (χ2v) is 2.85. The Labute approximate surface area is 73.2 Å². The molecule has 58 valence electrons. The maximum Gasteiger partial charge on any atom is 0.140 e. The Bertz CT molecular complexity index is 272. The van der Waals surface area contributed by atoms with E-state index in [2.05, 4.69) is 21.4 Å². The summed E-state index contributed by atoms with van der Waals surface area (Å²) in [6, 6.07) is 7.41.